The Balaban J connectivity index is 1.96. The van der Waals surface area contributed by atoms with E-state index >= 15 is 0 Å². The summed E-state index contributed by atoms with van der Waals surface area (Å²) in [6, 6.07) is 8.04. The first-order valence-corrected chi connectivity index (χ1v) is 8.53. The number of carbonyl (C=O) groups is 1. The van der Waals surface area contributed by atoms with Crippen molar-refractivity contribution in [2.45, 2.75) is 13.5 Å². The van der Waals surface area contributed by atoms with Gasteiger partial charge in [-0.3, -0.25) is 4.79 Å². The molecule has 1 aliphatic rings. The van der Waals surface area contributed by atoms with Crippen molar-refractivity contribution < 1.29 is 9.53 Å². The molecule has 0 saturated carbocycles. The molecule has 0 bridgehead atoms. The number of benzene rings is 1. The van der Waals surface area contributed by atoms with Crippen LogP contribution in [0.25, 0.3) is 0 Å². The number of anilines is 2. The second kappa shape index (κ2) is 6.68. The third-order valence-electron chi connectivity index (χ3n) is 3.95. The zero-order valence-electron chi connectivity index (χ0n) is 13.7. The fourth-order valence-electron chi connectivity index (χ4n) is 2.98. The van der Waals surface area contributed by atoms with Crippen molar-refractivity contribution in [3.63, 3.8) is 0 Å². The second-order valence-corrected chi connectivity index (χ2v) is 6.89. The molecule has 1 atom stereocenters. The maximum absolute atomic E-state index is 13.0. The molecule has 0 fully saturated rings. The van der Waals surface area contributed by atoms with Gasteiger partial charge < -0.3 is 14.5 Å². The summed E-state index contributed by atoms with van der Waals surface area (Å²) < 4.78 is 5.09. The Morgan fingerprint density at radius 2 is 2.09 bits per heavy atom. The quantitative estimate of drug-likeness (QED) is 0.867. The summed E-state index contributed by atoms with van der Waals surface area (Å²) in [7, 11) is 3.70. The average molecular weight is 331 g/mol. The van der Waals surface area contributed by atoms with Crippen LogP contribution in [0.4, 0.5) is 11.4 Å². The molecule has 0 saturated heterocycles. The normalized spacial score (nSPS) is 17.8. The summed E-state index contributed by atoms with van der Waals surface area (Å²) >= 11 is 1.46. The molecule has 1 aliphatic heterocycles. The van der Waals surface area contributed by atoms with Crippen LogP contribution in [0.15, 0.2) is 29.6 Å². The van der Waals surface area contributed by atoms with Gasteiger partial charge in [0.25, 0.3) is 5.91 Å². The van der Waals surface area contributed by atoms with E-state index in [1.165, 1.54) is 11.3 Å². The molecule has 1 aromatic heterocycles. The summed E-state index contributed by atoms with van der Waals surface area (Å²) in [6.07, 6.45) is 0. The topological polar surface area (TPSA) is 45.7 Å². The number of para-hydroxylation sites is 2. The lowest BCUT2D eigenvalue weighted by Crippen LogP contribution is -2.35. The molecular weight excluding hydrogens is 310 g/mol. The number of amides is 1. The van der Waals surface area contributed by atoms with Gasteiger partial charge in [0.2, 0.25) is 0 Å². The zero-order chi connectivity index (χ0) is 16.4. The molecule has 1 aromatic carbocycles. The second-order valence-electron chi connectivity index (χ2n) is 5.95. The molecule has 6 heteroatoms. The van der Waals surface area contributed by atoms with Gasteiger partial charge >= 0.3 is 0 Å². The zero-order valence-corrected chi connectivity index (χ0v) is 14.5. The Morgan fingerprint density at radius 3 is 2.83 bits per heavy atom. The van der Waals surface area contributed by atoms with Crippen molar-refractivity contribution in [3.8, 4) is 0 Å². The third-order valence-corrected chi connectivity index (χ3v) is 4.77. The predicted molar refractivity (Wildman–Crippen MR) is 93.4 cm³/mol. The van der Waals surface area contributed by atoms with Gasteiger partial charge in [-0.05, 0) is 18.1 Å². The number of ether oxygens (including phenoxy) is 1. The van der Waals surface area contributed by atoms with Crippen molar-refractivity contribution in [2.24, 2.45) is 5.92 Å². The minimum Gasteiger partial charge on any atom is -0.378 e. The van der Waals surface area contributed by atoms with E-state index in [2.05, 4.69) is 29.9 Å². The van der Waals surface area contributed by atoms with Crippen molar-refractivity contribution in [3.05, 3.63) is 40.3 Å². The first kappa shape index (κ1) is 16.0. The summed E-state index contributed by atoms with van der Waals surface area (Å²) in [5, 5.41) is 2.64. The van der Waals surface area contributed by atoms with Gasteiger partial charge in [-0.15, -0.1) is 11.3 Å². The summed E-state index contributed by atoms with van der Waals surface area (Å²) in [4.78, 5) is 21.5. The van der Waals surface area contributed by atoms with Crippen molar-refractivity contribution in [1.82, 2.24) is 4.98 Å². The third kappa shape index (κ3) is 3.23. The number of rotatable bonds is 3. The van der Waals surface area contributed by atoms with Gasteiger partial charge in [0.05, 0.1) is 18.0 Å². The minimum atomic E-state index is -0.0433. The number of nitrogens with zero attached hydrogens (tertiary/aromatic N) is 3. The first-order valence-electron chi connectivity index (χ1n) is 7.65. The monoisotopic (exact) mass is 331 g/mol. The largest absolute Gasteiger partial charge is 0.378 e. The van der Waals surface area contributed by atoms with Crippen LogP contribution in [-0.4, -0.2) is 38.1 Å². The molecule has 0 unspecified atom stereocenters. The molecule has 3 rings (SSSR count). The molecule has 0 N–H and O–H groups in total. The van der Waals surface area contributed by atoms with E-state index in [0.717, 1.165) is 22.9 Å². The average Bonchev–Trinajstić information content (AvgIpc) is 2.96. The van der Waals surface area contributed by atoms with Gasteiger partial charge in [0, 0.05) is 32.6 Å². The molecule has 1 amide bonds. The number of aromatic nitrogens is 1. The highest BCUT2D eigenvalue weighted by Crippen LogP contribution is 2.33. The van der Waals surface area contributed by atoms with Crippen LogP contribution in [0.2, 0.25) is 0 Å². The highest BCUT2D eigenvalue weighted by molar-refractivity contribution is 7.09. The van der Waals surface area contributed by atoms with Gasteiger partial charge in [-0.25, -0.2) is 4.98 Å². The molecule has 122 valence electrons. The van der Waals surface area contributed by atoms with Crippen molar-refractivity contribution in [1.29, 1.82) is 0 Å². The molecule has 5 nitrogen and oxygen atoms in total. The number of thiazole rings is 1. The summed E-state index contributed by atoms with van der Waals surface area (Å²) in [6.45, 7) is 4.22. The van der Waals surface area contributed by atoms with Crippen LogP contribution in [0.1, 0.15) is 22.4 Å². The van der Waals surface area contributed by atoms with Crippen molar-refractivity contribution >= 4 is 28.6 Å². The van der Waals surface area contributed by atoms with Crippen LogP contribution in [0.5, 0.6) is 0 Å². The fraction of sp³-hybridized carbons (Fsp3) is 0.412. The Bertz CT molecular complexity index is 701. The number of fused-ring (bicyclic) bond motifs is 1. The Morgan fingerprint density at radius 1 is 1.35 bits per heavy atom. The highest BCUT2D eigenvalue weighted by atomic mass is 32.1. The Labute approximate surface area is 140 Å². The predicted octanol–water partition coefficient (Wildman–Crippen LogP) is 3.02. The van der Waals surface area contributed by atoms with Crippen molar-refractivity contribution in [2.75, 3.05) is 37.0 Å². The molecule has 0 aliphatic carbocycles. The SMILES string of the molecule is COCc1nc(C(=O)N2C[C@H](C)CN(C)c3ccccc32)cs1. The first-order chi connectivity index (χ1) is 11.1. The Hall–Kier alpha value is -1.92. The van der Waals surface area contributed by atoms with E-state index in [9.17, 15) is 4.79 Å². The Kier molecular flexibility index (Phi) is 4.63. The van der Waals surface area contributed by atoms with Crippen LogP contribution in [0, 0.1) is 5.92 Å². The van der Waals surface area contributed by atoms with E-state index < -0.39 is 0 Å². The van der Waals surface area contributed by atoms with Crippen LogP contribution in [0.3, 0.4) is 0 Å². The molecule has 23 heavy (non-hydrogen) atoms. The van der Waals surface area contributed by atoms with Gasteiger partial charge in [-0.1, -0.05) is 19.1 Å². The number of carbonyl (C=O) groups excluding carboxylic acids is 1. The number of methoxy groups -OCH3 is 1. The van der Waals surface area contributed by atoms with E-state index in [1.54, 1.807) is 7.11 Å². The summed E-state index contributed by atoms with van der Waals surface area (Å²) in [5.74, 6) is 0.339. The number of hydrogen-bond acceptors (Lipinski definition) is 5. The lowest BCUT2D eigenvalue weighted by molar-refractivity contribution is 0.0979. The maximum Gasteiger partial charge on any atom is 0.277 e. The maximum atomic E-state index is 13.0. The minimum absolute atomic E-state index is 0.0433. The van der Waals surface area contributed by atoms with Gasteiger partial charge in [-0.2, -0.15) is 0 Å². The van der Waals surface area contributed by atoms with E-state index in [1.807, 2.05) is 28.5 Å². The van der Waals surface area contributed by atoms with Gasteiger partial charge in [0.15, 0.2) is 0 Å². The molecule has 0 radical (unpaired) electrons. The lowest BCUT2D eigenvalue weighted by atomic mass is 10.1. The molecular formula is C17H21N3O2S. The standard InChI is InChI=1S/C17H21N3O2S/c1-12-8-19(2)14-6-4-5-7-15(14)20(9-12)17(21)13-11-23-16(18-13)10-22-3/h4-7,11-12H,8-10H2,1-3H3/t12-/m1/s1. The summed E-state index contributed by atoms with van der Waals surface area (Å²) in [5.41, 5.74) is 2.52. The van der Waals surface area contributed by atoms with E-state index in [0.29, 0.717) is 24.8 Å². The smallest absolute Gasteiger partial charge is 0.277 e. The molecule has 0 spiro atoms. The van der Waals surface area contributed by atoms with Crippen LogP contribution in [-0.2, 0) is 11.3 Å². The van der Waals surface area contributed by atoms with Crippen LogP contribution < -0.4 is 9.80 Å². The molecule has 2 heterocycles. The van der Waals surface area contributed by atoms with Crippen LogP contribution >= 0.6 is 11.3 Å². The van der Waals surface area contributed by atoms with E-state index in [4.69, 9.17) is 4.74 Å². The highest BCUT2D eigenvalue weighted by Gasteiger charge is 2.28. The van der Waals surface area contributed by atoms with Gasteiger partial charge in [0.1, 0.15) is 10.7 Å². The fourth-order valence-corrected chi connectivity index (χ4v) is 3.72. The number of hydrogen-bond donors (Lipinski definition) is 0. The van der Waals surface area contributed by atoms with E-state index in [-0.39, 0.29) is 5.91 Å². The lowest BCUT2D eigenvalue weighted by Gasteiger charge is -2.23. The molecule has 2 aromatic rings.